The first-order valence-electron chi connectivity index (χ1n) is 8.70. The highest BCUT2D eigenvalue weighted by atomic mass is 32.1. The quantitative estimate of drug-likeness (QED) is 0.503. The van der Waals surface area contributed by atoms with Gasteiger partial charge in [0.1, 0.15) is 0 Å². The van der Waals surface area contributed by atoms with Crippen molar-refractivity contribution in [2.24, 2.45) is 0 Å². The zero-order valence-corrected chi connectivity index (χ0v) is 15.7. The van der Waals surface area contributed by atoms with E-state index in [1.165, 1.54) is 19.3 Å². The van der Waals surface area contributed by atoms with Crippen molar-refractivity contribution in [3.63, 3.8) is 0 Å². The number of oxazole rings is 1. The number of hydrogen-bond acceptors (Lipinski definition) is 4. The summed E-state index contributed by atoms with van der Waals surface area (Å²) in [7, 11) is 4.03. The third-order valence-corrected chi connectivity index (χ3v) is 4.54. The van der Waals surface area contributed by atoms with Gasteiger partial charge in [0.15, 0.2) is 5.76 Å². The summed E-state index contributed by atoms with van der Waals surface area (Å²) in [5, 5.41) is 10.4. The summed E-state index contributed by atoms with van der Waals surface area (Å²) < 4.78 is 7.34. The summed E-state index contributed by atoms with van der Waals surface area (Å²) in [6, 6.07) is 8.22. The topological polar surface area (TPSA) is 41.5 Å². The lowest BCUT2D eigenvalue weighted by atomic mass is 10.1. The minimum absolute atomic E-state index is 0.173. The van der Waals surface area contributed by atoms with E-state index < -0.39 is 0 Å². The molecule has 0 bridgehead atoms. The zero-order valence-electron chi connectivity index (χ0n) is 14.9. The van der Waals surface area contributed by atoms with Gasteiger partial charge in [0.25, 0.3) is 4.84 Å². The van der Waals surface area contributed by atoms with Gasteiger partial charge in [-0.1, -0.05) is 44.7 Å². The Kier molecular flexibility index (Phi) is 6.91. The Bertz CT molecular complexity index is 686. The number of unbranched alkanes of at least 4 members (excludes halogenated alkanes) is 4. The first-order valence-corrected chi connectivity index (χ1v) is 9.11. The molecule has 2 rings (SSSR count). The van der Waals surface area contributed by atoms with Gasteiger partial charge in [0.05, 0.1) is 0 Å². The second kappa shape index (κ2) is 8.92. The van der Waals surface area contributed by atoms with Crippen LogP contribution >= 0.6 is 12.2 Å². The Balaban J connectivity index is 2.01. The molecular weight excluding hydrogens is 320 g/mol. The van der Waals surface area contributed by atoms with Crippen LogP contribution in [0, 0.1) is 4.84 Å². The number of aromatic hydroxyl groups is 1. The Labute approximate surface area is 149 Å². The van der Waals surface area contributed by atoms with E-state index in [0.717, 1.165) is 30.6 Å². The molecule has 0 atom stereocenters. The zero-order chi connectivity index (χ0) is 17.5. The molecule has 0 spiro atoms. The van der Waals surface area contributed by atoms with E-state index in [4.69, 9.17) is 16.6 Å². The maximum atomic E-state index is 10.4. The van der Waals surface area contributed by atoms with Crippen molar-refractivity contribution < 1.29 is 9.52 Å². The third-order valence-electron chi connectivity index (χ3n) is 4.24. The van der Waals surface area contributed by atoms with Crippen molar-refractivity contribution in [2.75, 3.05) is 19.0 Å². The minimum atomic E-state index is 0.173. The molecule has 0 saturated carbocycles. The summed E-state index contributed by atoms with van der Waals surface area (Å²) in [6.45, 7) is 2.92. The molecule has 0 unspecified atom stereocenters. The normalized spacial score (nSPS) is 11.0. The first-order chi connectivity index (χ1) is 11.5. The van der Waals surface area contributed by atoms with Crippen molar-refractivity contribution in [3.05, 3.63) is 40.4 Å². The highest BCUT2D eigenvalue weighted by Gasteiger charge is 2.14. The second-order valence-electron chi connectivity index (χ2n) is 6.42. The molecule has 0 saturated heterocycles. The minimum Gasteiger partial charge on any atom is -0.492 e. The first kappa shape index (κ1) is 18.6. The molecule has 2 aromatic rings. The highest BCUT2D eigenvalue weighted by Crippen LogP contribution is 2.25. The van der Waals surface area contributed by atoms with Gasteiger partial charge >= 0.3 is 0 Å². The van der Waals surface area contributed by atoms with E-state index in [0.29, 0.717) is 17.0 Å². The lowest BCUT2D eigenvalue weighted by Crippen LogP contribution is -2.08. The van der Waals surface area contributed by atoms with Gasteiger partial charge in [-0.05, 0) is 36.3 Å². The van der Waals surface area contributed by atoms with E-state index in [-0.39, 0.29) is 5.88 Å². The summed E-state index contributed by atoms with van der Waals surface area (Å²) >= 11 is 5.26. The lowest BCUT2D eigenvalue weighted by molar-refractivity contribution is 0.403. The molecule has 24 heavy (non-hydrogen) atoms. The molecule has 5 heteroatoms. The van der Waals surface area contributed by atoms with Crippen LogP contribution in [-0.4, -0.2) is 23.8 Å². The molecular formula is C19H28N2O2S. The smallest absolute Gasteiger partial charge is 0.271 e. The molecule has 0 amide bonds. The number of benzene rings is 1. The van der Waals surface area contributed by atoms with Crippen LogP contribution in [0.15, 0.2) is 28.7 Å². The van der Waals surface area contributed by atoms with Crippen molar-refractivity contribution in [1.82, 2.24) is 4.57 Å². The molecule has 4 nitrogen and oxygen atoms in total. The molecule has 1 heterocycles. The van der Waals surface area contributed by atoms with Crippen molar-refractivity contribution in [3.8, 4) is 5.88 Å². The summed E-state index contributed by atoms with van der Waals surface area (Å²) in [5.41, 5.74) is 2.24. The predicted molar refractivity (Wildman–Crippen MR) is 102 cm³/mol. The highest BCUT2D eigenvalue weighted by molar-refractivity contribution is 7.71. The van der Waals surface area contributed by atoms with Crippen LogP contribution in [0.5, 0.6) is 5.88 Å². The van der Waals surface area contributed by atoms with Crippen LogP contribution in [0.2, 0.25) is 0 Å². The fourth-order valence-corrected chi connectivity index (χ4v) is 3.00. The van der Waals surface area contributed by atoms with E-state index >= 15 is 0 Å². The van der Waals surface area contributed by atoms with Crippen LogP contribution in [-0.2, 0) is 13.0 Å². The SMILES string of the molecule is CCCCCCCn1c(O)c(Cc2ccc(N(C)C)cc2)oc1=S. The molecule has 132 valence electrons. The Morgan fingerprint density at radius 1 is 1.08 bits per heavy atom. The van der Waals surface area contributed by atoms with Crippen molar-refractivity contribution in [1.29, 1.82) is 0 Å². The average molecular weight is 349 g/mol. The summed E-state index contributed by atoms with van der Waals surface area (Å²) in [4.78, 5) is 2.42. The number of nitrogens with zero attached hydrogens (tertiary/aromatic N) is 2. The van der Waals surface area contributed by atoms with E-state index in [1.807, 2.05) is 14.1 Å². The van der Waals surface area contributed by atoms with Gasteiger partial charge in [-0.3, -0.25) is 4.57 Å². The third kappa shape index (κ3) is 4.87. The maximum Gasteiger partial charge on any atom is 0.271 e. The molecule has 0 aliphatic heterocycles. The molecule has 0 aliphatic carbocycles. The van der Waals surface area contributed by atoms with Crippen molar-refractivity contribution in [2.45, 2.75) is 52.0 Å². The van der Waals surface area contributed by atoms with Crippen LogP contribution < -0.4 is 4.90 Å². The number of aromatic nitrogens is 1. The molecule has 1 N–H and O–H groups in total. The number of hydrogen-bond donors (Lipinski definition) is 1. The van der Waals surface area contributed by atoms with Crippen LogP contribution in [0.3, 0.4) is 0 Å². The Morgan fingerprint density at radius 3 is 2.38 bits per heavy atom. The molecule has 1 aromatic heterocycles. The number of rotatable bonds is 9. The molecule has 1 aromatic carbocycles. The maximum absolute atomic E-state index is 10.4. The molecule has 0 radical (unpaired) electrons. The van der Waals surface area contributed by atoms with Crippen LogP contribution in [0.4, 0.5) is 5.69 Å². The Morgan fingerprint density at radius 2 is 1.75 bits per heavy atom. The van der Waals surface area contributed by atoms with E-state index in [1.54, 1.807) is 4.57 Å². The van der Waals surface area contributed by atoms with Gasteiger partial charge in [0.2, 0.25) is 5.88 Å². The van der Waals surface area contributed by atoms with E-state index in [2.05, 4.69) is 36.1 Å². The monoisotopic (exact) mass is 348 g/mol. The fraction of sp³-hybridized carbons (Fsp3) is 0.526. The van der Waals surface area contributed by atoms with Gasteiger partial charge < -0.3 is 14.4 Å². The van der Waals surface area contributed by atoms with Gasteiger partial charge in [-0.25, -0.2) is 0 Å². The number of anilines is 1. The second-order valence-corrected chi connectivity index (χ2v) is 6.77. The average Bonchev–Trinajstić information content (AvgIpc) is 2.82. The largest absolute Gasteiger partial charge is 0.492 e. The van der Waals surface area contributed by atoms with Crippen LogP contribution in [0.25, 0.3) is 0 Å². The standard InChI is InChI=1S/C19H28N2O2S/c1-4-5-6-7-8-13-21-18(22)17(23-19(21)24)14-15-9-11-16(12-10-15)20(2)3/h9-12,22H,4-8,13-14H2,1-3H3. The summed E-state index contributed by atoms with van der Waals surface area (Å²) in [5.74, 6) is 0.721. The molecule has 0 aliphatic rings. The lowest BCUT2D eigenvalue weighted by Gasteiger charge is -2.12. The van der Waals surface area contributed by atoms with Crippen LogP contribution in [0.1, 0.15) is 50.4 Å². The van der Waals surface area contributed by atoms with Gasteiger partial charge in [-0.15, -0.1) is 0 Å². The fourth-order valence-electron chi connectivity index (χ4n) is 2.73. The van der Waals surface area contributed by atoms with Gasteiger partial charge in [-0.2, -0.15) is 0 Å². The molecule has 0 fully saturated rings. The predicted octanol–water partition coefficient (Wildman–Crippen LogP) is 5.14. The summed E-state index contributed by atoms with van der Waals surface area (Å²) in [6.07, 6.45) is 6.43. The Hall–Kier alpha value is -1.75. The van der Waals surface area contributed by atoms with Crippen molar-refractivity contribution >= 4 is 17.9 Å². The van der Waals surface area contributed by atoms with E-state index in [9.17, 15) is 5.11 Å². The van der Waals surface area contributed by atoms with Gasteiger partial charge in [0, 0.05) is 32.7 Å².